The maximum absolute atomic E-state index is 10.7. The van der Waals surface area contributed by atoms with Crippen LogP contribution in [0.4, 0.5) is 0 Å². The zero-order chi connectivity index (χ0) is 7.98. The summed E-state index contributed by atoms with van der Waals surface area (Å²) >= 11 is 3.93. The van der Waals surface area contributed by atoms with E-state index in [1.54, 1.807) is 6.92 Å². The van der Waals surface area contributed by atoms with Gasteiger partial charge in [-0.05, 0) is 0 Å². The van der Waals surface area contributed by atoms with Crippen LogP contribution in [-0.2, 0) is 4.79 Å². The SMILES string of the molecule is CCC(=O)NC(CO)CS. The molecule has 0 rings (SSSR count). The van der Waals surface area contributed by atoms with E-state index >= 15 is 0 Å². The standard InChI is InChI=1S/C6H13NO2S/c1-2-6(9)7-5(3-8)4-10/h5,8,10H,2-4H2,1H3,(H,7,9). The molecule has 0 bridgehead atoms. The van der Waals surface area contributed by atoms with E-state index in [0.29, 0.717) is 12.2 Å². The van der Waals surface area contributed by atoms with E-state index in [1.807, 2.05) is 0 Å². The molecule has 4 heteroatoms. The number of carbonyl (C=O) groups is 1. The second kappa shape index (κ2) is 5.56. The van der Waals surface area contributed by atoms with Crippen molar-refractivity contribution in [1.82, 2.24) is 5.32 Å². The third-order valence-electron chi connectivity index (χ3n) is 1.13. The number of carbonyl (C=O) groups excluding carboxylic acids is 1. The number of hydrogen-bond donors (Lipinski definition) is 3. The average molecular weight is 163 g/mol. The van der Waals surface area contributed by atoms with Gasteiger partial charge in [0.1, 0.15) is 0 Å². The molecule has 1 unspecified atom stereocenters. The zero-order valence-corrected chi connectivity index (χ0v) is 6.90. The molecule has 0 aliphatic rings. The number of rotatable bonds is 4. The Hall–Kier alpha value is -0.220. The van der Waals surface area contributed by atoms with E-state index in [1.165, 1.54) is 0 Å². The fourth-order valence-corrected chi connectivity index (χ4v) is 0.686. The molecule has 60 valence electrons. The minimum Gasteiger partial charge on any atom is -0.394 e. The number of aliphatic hydroxyl groups excluding tert-OH is 1. The number of aliphatic hydroxyl groups is 1. The van der Waals surface area contributed by atoms with Gasteiger partial charge in [-0.2, -0.15) is 12.6 Å². The highest BCUT2D eigenvalue weighted by molar-refractivity contribution is 7.80. The largest absolute Gasteiger partial charge is 0.394 e. The number of thiol groups is 1. The average Bonchev–Trinajstić information content (AvgIpc) is 1.99. The summed E-state index contributed by atoms with van der Waals surface area (Å²) in [6.07, 6.45) is 0.449. The molecule has 2 N–H and O–H groups in total. The molecule has 1 atom stereocenters. The van der Waals surface area contributed by atoms with Gasteiger partial charge in [0.15, 0.2) is 0 Å². The first kappa shape index (κ1) is 9.78. The van der Waals surface area contributed by atoms with Crippen LogP contribution in [0, 0.1) is 0 Å². The minimum absolute atomic E-state index is 0.0464. The highest BCUT2D eigenvalue weighted by Crippen LogP contribution is 1.87. The van der Waals surface area contributed by atoms with Crippen molar-refractivity contribution in [3.63, 3.8) is 0 Å². The molecule has 0 saturated carbocycles. The molecule has 0 heterocycles. The first-order valence-corrected chi connectivity index (χ1v) is 3.88. The Bertz CT molecular complexity index is 104. The number of hydrogen-bond acceptors (Lipinski definition) is 3. The summed E-state index contributed by atoms with van der Waals surface area (Å²) < 4.78 is 0. The van der Waals surface area contributed by atoms with E-state index in [2.05, 4.69) is 17.9 Å². The normalized spacial score (nSPS) is 12.7. The fourth-order valence-electron chi connectivity index (χ4n) is 0.479. The smallest absolute Gasteiger partial charge is 0.220 e. The van der Waals surface area contributed by atoms with Crippen molar-refractivity contribution in [2.45, 2.75) is 19.4 Å². The van der Waals surface area contributed by atoms with Crippen LogP contribution in [0.25, 0.3) is 0 Å². The topological polar surface area (TPSA) is 49.3 Å². The first-order valence-electron chi connectivity index (χ1n) is 3.25. The molecule has 0 aromatic heterocycles. The van der Waals surface area contributed by atoms with Gasteiger partial charge in [0.25, 0.3) is 0 Å². The highest BCUT2D eigenvalue weighted by atomic mass is 32.1. The van der Waals surface area contributed by atoms with Crippen LogP contribution in [0.1, 0.15) is 13.3 Å². The highest BCUT2D eigenvalue weighted by Gasteiger charge is 2.06. The summed E-state index contributed by atoms with van der Waals surface area (Å²) in [6.45, 7) is 1.72. The quantitative estimate of drug-likeness (QED) is 0.503. The third kappa shape index (κ3) is 3.74. The second-order valence-corrected chi connectivity index (χ2v) is 2.35. The molecule has 0 saturated heterocycles. The Morgan fingerprint density at radius 1 is 1.80 bits per heavy atom. The lowest BCUT2D eigenvalue weighted by Gasteiger charge is -2.11. The minimum atomic E-state index is -0.198. The molecule has 0 spiro atoms. The molecule has 0 aromatic rings. The Balaban J connectivity index is 3.52. The van der Waals surface area contributed by atoms with Crippen molar-refractivity contribution in [3.8, 4) is 0 Å². The molecule has 0 fully saturated rings. The molecular formula is C6H13NO2S. The predicted octanol–water partition coefficient (Wildman–Crippen LogP) is -0.197. The fraction of sp³-hybridized carbons (Fsp3) is 0.833. The van der Waals surface area contributed by atoms with Gasteiger partial charge in [-0.15, -0.1) is 0 Å². The molecule has 1 amide bonds. The second-order valence-electron chi connectivity index (χ2n) is 1.98. The van der Waals surface area contributed by atoms with Gasteiger partial charge in [0.05, 0.1) is 12.6 Å². The maximum atomic E-state index is 10.7. The van der Waals surface area contributed by atoms with Crippen molar-refractivity contribution in [2.75, 3.05) is 12.4 Å². The van der Waals surface area contributed by atoms with E-state index in [-0.39, 0.29) is 18.6 Å². The molecule has 0 aromatic carbocycles. The number of nitrogens with one attached hydrogen (secondary N) is 1. The molecule has 0 radical (unpaired) electrons. The molecule has 0 aliphatic heterocycles. The Kier molecular flexibility index (Phi) is 5.43. The van der Waals surface area contributed by atoms with E-state index in [4.69, 9.17) is 5.11 Å². The van der Waals surface area contributed by atoms with Gasteiger partial charge >= 0.3 is 0 Å². The van der Waals surface area contributed by atoms with Crippen LogP contribution in [-0.4, -0.2) is 29.4 Å². The van der Waals surface area contributed by atoms with Gasteiger partial charge in [-0.1, -0.05) is 6.92 Å². The monoisotopic (exact) mass is 163 g/mol. The van der Waals surface area contributed by atoms with E-state index in [0.717, 1.165) is 0 Å². The van der Waals surface area contributed by atoms with Crippen LogP contribution in [0.3, 0.4) is 0 Å². The van der Waals surface area contributed by atoms with Crippen molar-refractivity contribution >= 4 is 18.5 Å². The molecule has 0 aliphatic carbocycles. The number of amides is 1. The Morgan fingerprint density at radius 2 is 2.40 bits per heavy atom. The van der Waals surface area contributed by atoms with E-state index in [9.17, 15) is 4.79 Å². The predicted molar refractivity (Wildman–Crippen MR) is 43.2 cm³/mol. The lowest BCUT2D eigenvalue weighted by molar-refractivity contribution is -0.121. The van der Waals surface area contributed by atoms with Crippen LogP contribution >= 0.6 is 12.6 Å². The summed E-state index contributed by atoms with van der Waals surface area (Å²) in [5, 5.41) is 11.2. The van der Waals surface area contributed by atoms with Gasteiger partial charge in [0.2, 0.25) is 5.91 Å². The van der Waals surface area contributed by atoms with Crippen LogP contribution in [0.2, 0.25) is 0 Å². The summed E-state index contributed by atoms with van der Waals surface area (Å²) in [5.74, 6) is 0.426. The summed E-state index contributed by atoms with van der Waals surface area (Å²) in [4.78, 5) is 10.7. The Morgan fingerprint density at radius 3 is 2.70 bits per heavy atom. The van der Waals surface area contributed by atoms with Crippen molar-refractivity contribution in [3.05, 3.63) is 0 Å². The first-order chi connectivity index (χ1) is 4.74. The van der Waals surface area contributed by atoms with Gasteiger partial charge < -0.3 is 10.4 Å². The maximum Gasteiger partial charge on any atom is 0.220 e. The Labute approximate surface area is 66.2 Å². The van der Waals surface area contributed by atoms with Crippen molar-refractivity contribution < 1.29 is 9.90 Å². The van der Waals surface area contributed by atoms with Crippen molar-refractivity contribution in [2.24, 2.45) is 0 Å². The van der Waals surface area contributed by atoms with Gasteiger partial charge in [-0.25, -0.2) is 0 Å². The molecule has 3 nitrogen and oxygen atoms in total. The van der Waals surface area contributed by atoms with E-state index < -0.39 is 0 Å². The summed E-state index contributed by atoms with van der Waals surface area (Å²) in [5.41, 5.74) is 0. The van der Waals surface area contributed by atoms with Crippen LogP contribution in [0.5, 0.6) is 0 Å². The third-order valence-corrected chi connectivity index (χ3v) is 1.57. The van der Waals surface area contributed by atoms with Crippen molar-refractivity contribution in [1.29, 1.82) is 0 Å². The zero-order valence-electron chi connectivity index (χ0n) is 6.00. The van der Waals surface area contributed by atoms with Gasteiger partial charge in [-0.3, -0.25) is 4.79 Å². The van der Waals surface area contributed by atoms with Crippen LogP contribution < -0.4 is 5.32 Å². The summed E-state index contributed by atoms with van der Waals surface area (Å²) in [7, 11) is 0. The summed E-state index contributed by atoms with van der Waals surface area (Å²) in [6, 6.07) is -0.198. The molecular weight excluding hydrogens is 150 g/mol. The lowest BCUT2D eigenvalue weighted by Crippen LogP contribution is -2.38. The van der Waals surface area contributed by atoms with Crippen LogP contribution in [0.15, 0.2) is 0 Å². The lowest BCUT2D eigenvalue weighted by atomic mass is 10.3. The molecule has 10 heavy (non-hydrogen) atoms. The van der Waals surface area contributed by atoms with Gasteiger partial charge in [0, 0.05) is 12.2 Å².